The van der Waals surface area contributed by atoms with Crippen molar-refractivity contribution in [1.82, 2.24) is 25.1 Å². The Hall–Kier alpha value is -2.64. The van der Waals surface area contributed by atoms with Gasteiger partial charge in [0.05, 0.1) is 19.4 Å². The lowest BCUT2D eigenvalue weighted by Gasteiger charge is -2.42. The van der Waals surface area contributed by atoms with E-state index in [4.69, 9.17) is 9.47 Å². The van der Waals surface area contributed by atoms with E-state index in [1.807, 2.05) is 24.3 Å². The normalized spacial score (nSPS) is 16.1. The fraction of sp³-hybridized carbons (Fsp3) is 0.556. The number of hydrogen-bond acceptors (Lipinski definition) is 6. The Labute approximate surface area is 153 Å². The van der Waals surface area contributed by atoms with E-state index in [1.54, 1.807) is 30.7 Å². The molecule has 0 saturated heterocycles. The summed E-state index contributed by atoms with van der Waals surface area (Å²) < 4.78 is 12.3. The first-order valence-corrected chi connectivity index (χ1v) is 8.96. The highest BCUT2D eigenvalue weighted by atomic mass is 16.6. The van der Waals surface area contributed by atoms with Crippen molar-refractivity contribution in [3.05, 3.63) is 30.1 Å². The molecule has 0 atom stereocenters. The molecule has 1 amide bonds. The third-order valence-corrected chi connectivity index (χ3v) is 5.05. The van der Waals surface area contributed by atoms with Crippen LogP contribution in [0.15, 0.2) is 24.3 Å². The Balaban J connectivity index is 2.06. The standard InChI is InChI=1S/C18H25N5O3/c1-4-26-17(24)22(2)18(11-6-5-7-12-18)16-19-20-21-23(16)14-9-8-10-15(13-14)25-3/h8-10,13H,4-7,11-12H2,1-3H3. The topological polar surface area (TPSA) is 82.4 Å². The van der Waals surface area contributed by atoms with E-state index in [1.165, 1.54) is 0 Å². The van der Waals surface area contributed by atoms with Crippen molar-refractivity contribution in [2.24, 2.45) is 0 Å². The zero-order valence-corrected chi connectivity index (χ0v) is 15.5. The second-order valence-corrected chi connectivity index (χ2v) is 6.47. The van der Waals surface area contributed by atoms with Crippen LogP contribution in [0.3, 0.4) is 0 Å². The molecule has 3 rings (SSSR count). The van der Waals surface area contributed by atoms with Crippen molar-refractivity contribution in [3.8, 4) is 11.4 Å². The van der Waals surface area contributed by atoms with E-state index < -0.39 is 5.54 Å². The van der Waals surface area contributed by atoms with E-state index in [9.17, 15) is 4.79 Å². The number of nitrogens with zero attached hydrogens (tertiary/aromatic N) is 5. The van der Waals surface area contributed by atoms with Gasteiger partial charge in [0.2, 0.25) is 0 Å². The third kappa shape index (κ3) is 3.23. The van der Waals surface area contributed by atoms with Gasteiger partial charge in [0.1, 0.15) is 11.3 Å². The van der Waals surface area contributed by atoms with E-state index in [2.05, 4.69) is 15.5 Å². The van der Waals surface area contributed by atoms with Crippen molar-refractivity contribution in [2.45, 2.75) is 44.6 Å². The summed E-state index contributed by atoms with van der Waals surface area (Å²) in [7, 11) is 3.39. The number of rotatable bonds is 5. The van der Waals surface area contributed by atoms with Crippen LogP contribution in [0.4, 0.5) is 4.79 Å². The van der Waals surface area contributed by atoms with Crippen LogP contribution in [0.25, 0.3) is 5.69 Å². The van der Waals surface area contributed by atoms with Gasteiger partial charge in [-0.25, -0.2) is 4.79 Å². The summed E-state index contributed by atoms with van der Waals surface area (Å²) >= 11 is 0. The SMILES string of the molecule is CCOC(=O)N(C)C1(c2nnnn2-c2cccc(OC)c2)CCCCC1. The summed E-state index contributed by atoms with van der Waals surface area (Å²) in [5.74, 6) is 1.38. The number of carbonyl (C=O) groups is 1. The molecule has 1 aromatic heterocycles. The molecule has 0 aliphatic heterocycles. The molecule has 26 heavy (non-hydrogen) atoms. The van der Waals surface area contributed by atoms with Crippen LogP contribution < -0.4 is 4.74 Å². The van der Waals surface area contributed by atoms with Gasteiger partial charge >= 0.3 is 6.09 Å². The van der Waals surface area contributed by atoms with Crippen molar-refractivity contribution < 1.29 is 14.3 Å². The molecule has 1 aliphatic carbocycles. The van der Waals surface area contributed by atoms with Crippen LogP contribution in [0.1, 0.15) is 44.9 Å². The first-order valence-electron chi connectivity index (χ1n) is 8.96. The molecule has 0 radical (unpaired) electrons. The number of benzene rings is 1. The highest BCUT2D eigenvalue weighted by Crippen LogP contribution is 2.41. The van der Waals surface area contributed by atoms with Gasteiger partial charge in [0, 0.05) is 13.1 Å². The fourth-order valence-electron chi connectivity index (χ4n) is 3.63. The molecule has 8 heteroatoms. The summed E-state index contributed by atoms with van der Waals surface area (Å²) in [5, 5.41) is 12.4. The highest BCUT2D eigenvalue weighted by Gasteiger charge is 2.45. The lowest BCUT2D eigenvalue weighted by molar-refractivity contribution is 0.0390. The molecule has 0 bridgehead atoms. The molecule has 1 aromatic carbocycles. The largest absolute Gasteiger partial charge is 0.497 e. The van der Waals surface area contributed by atoms with Gasteiger partial charge in [-0.05, 0) is 42.3 Å². The van der Waals surface area contributed by atoms with Crippen molar-refractivity contribution in [2.75, 3.05) is 20.8 Å². The maximum Gasteiger partial charge on any atom is 0.410 e. The number of hydrogen-bond donors (Lipinski definition) is 0. The summed E-state index contributed by atoms with van der Waals surface area (Å²) in [5.41, 5.74) is 0.212. The van der Waals surface area contributed by atoms with Crippen LogP contribution in [0.2, 0.25) is 0 Å². The first-order chi connectivity index (χ1) is 12.6. The van der Waals surface area contributed by atoms with Crippen LogP contribution in [0, 0.1) is 0 Å². The molecule has 0 spiro atoms. The van der Waals surface area contributed by atoms with E-state index in [-0.39, 0.29) is 6.09 Å². The molecule has 1 heterocycles. The number of aromatic nitrogens is 4. The van der Waals surface area contributed by atoms with Crippen molar-refractivity contribution in [3.63, 3.8) is 0 Å². The second-order valence-electron chi connectivity index (χ2n) is 6.47. The molecule has 1 saturated carbocycles. The van der Waals surface area contributed by atoms with Gasteiger partial charge in [-0.1, -0.05) is 25.3 Å². The Kier molecular flexibility index (Phi) is 5.39. The monoisotopic (exact) mass is 359 g/mol. The molecule has 8 nitrogen and oxygen atoms in total. The van der Waals surface area contributed by atoms with Gasteiger partial charge in [-0.15, -0.1) is 5.10 Å². The van der Waals surface area contributed by atoms with Crippen LogP contribution >= 0.6 is 0 Å². The number of carbonyl (C=O) groups excluding carboxylic acids is 1. The van der Waals surface area contributed by atoms with Gasteiger partial charge in [0.15, 0.2) is 5.82 Å². The van der Waals surface area contributed by atoms with Gasteiger partial charge in [0.25, 0.3) is 0 Å². The summed E-state index contributed by atoms with van der Waals surface area (Å²) in [6.45, 7) is 2.14. The summed E-state index contributed by atoms with van der Waals surface area (Å²) in [4.78, 5) is 14.2. The minimum atomic E-state index is -0.586. The van der Waals surface area contributed by atoms with Crippen molar-refractivity contribution >= 4 is 6.09 Å². The van der Waals surface area contributed by atoms with Crippen molar-refractivity contribution in [1.29, 1.82) is 0 Å². The maximum absolute atomic E-state index is 12.5. The molecular formula is C18H25N5O3. The number of ether oxygens (including phenoxy) is 2. The smallest absolute Gasteiger partial charge is 0.410 e. The number of tetrazole rings is 1. The van der Waals surface area contributed by atoms with E-state index in [0.29, 0.717) is 12.4 Å². The van der Waals surface area contributed by atoms with Gasteiger partial charge in [-0.3, -0.25) is 4.90 Å². The average Bonchev–Trinajstić information content (AvgIpc) is 3.18. The molecule has 1 fully saturated rings. The zero-order valence-electron chi connectivity index (χ0n) is 15.5. The van der Waals surface area contributed by atoms with Gasteiger partial charge in [-0.2, -0.15) is 4.68 Å². The quantitative estimate of drug-likeness (QED) is 0.816. The fourth-order valence-corrected chi connectivity index (χ4v) is 3.63. The molecule has 0 unspecified atom stereocenters. The maximum atomic E-state index is 12.5. The van der Waals surface area contributed by atoms with Crippen LogP contribution in [-0.2, 0) is 10.3 Å². The molecule has 1 aliphatic rings. The minimum absolute atomic E-state index is 0.333. The lowest BCUT2D eigenvalue weighted by Crippen LogP contribution is -2.50. The Morgan fingerprint density at radius 2 is 2.08 bits per heavy atom. The third-order valence-electron chi connectivity index (χ3n) is 5.05. The molecular weight excluding hydrogens is 334 g/mol. The molecule has 140 valence electrons. The highest BCUT2D eigenvalue weighted by molar-refractivity contribution is 5.68. The zero-order chi connectivity index (χ0) is 18.6. The summed E-state index contributed by atoms with van der Waals surface area (Å²) in [6, 6.07) is 7.56. The van der Waals surface area contributed by atoms with Crippen LogP contribution in [-0.4, -0.2) is 52.0 Å². The lowest BCUT2D eigenvalue weighted by atomic mass is 9.79. The predicted octanol–water partition coefficient (Wildman–Crippen LogP) is 2.92. The first kappa shape index (κ1) is 18.2. The summed E-state index contributed by atoms with van der Waals surface area (Å²) in [6.07, 6.45) is 4.40. The average molecular weight is 359 g/mol. The Morgan fingerprint density at radius 1 is 1.31 bits per heavy atom. The van der Waals surface area contributed by atoms with Crippen LogP contribution in [0.5, 0.6) is 5.75 Å². The number of methoxy groups -OCH3 is 1. The predicted molar refractivity (Wildman–Crippen MR) is 95.3 cm³/mol. The number of amides is 1. The Morgan fingerprint density at radius 3 is 2.77 bits per heavy atom. The molecule has 0 N–H and O–H groups in total. The second kappa shape index (κ2) is 7.72. The minimum Gasteiger partial charge on any atom is -0.497 e. The van der Waals surface area contributed by atoms with E-state index in [0.717, 1.165) is 43.5 Å². The Bertz CT molecular complexity index is 755. The molecule has 2 aromatic rings. The van der Waals surface area contributed by atoms with E-state index >= 15 is 0 Å². The van der Waals surface area contributed by atoms with Gasteiger partial charge < -0.3 is 9.47 Å².